The van der Waals surface area contributed by atoms with Crippen molar-refractivity contribution in [3.8, 4) is 27.9 Å². The normalized spacial score (nSPS) is 13.8. The van der Waals surface area contributed by atoms with E-state index in [1.165, 1.54) is 71.6 Å². The Morgan fingerprint density at radius 3 is 2.20 bits per heavy atom. The fourth-order valence-electron chi connectivity index (χ4n) is 7.54. The third-order valence-electron chi connectivity index (χ3n) is 9.30. The number of fused-ring (bicyclic) bond motifs is 10. The molecule has 1 aliphatic carbocycles. The van der Waals surface area contributed by atoms with Crippen molar-refractivity contribution in [3.05, 3.63) is 139 Å². The fourth-order valence-corrected chi connectivity index (χ4v) is 7.54. The maximum Gasteiger partial charge on any atom is 0.0641 e. The van der Waals surface area contributed by atoms with Gasteiger partial charge in [0, 0.05) is 43.7 Å². The number of hydrogen-bond acceptors (Lipinski definition) is 0. The second-order valence-corrected chi connectivity index (χ2v) is 11.9. The Bertz CT molecular complexity index is 2330. The molecule has 0 amide bonds. The Hall–Kier alpha value is -5.08. The van der Waals surface area contributed by atoms with Gasteiger partial charge in [-0.1, -0.05) is 105 Å². The van der Waals surface area contributed by atoms with E-state index in [2.05, 4.69) is 151 Å². The Balaban J connectivity index is 1.38. The molecule has 0 radical (unpaired) electrons. The maximum absolute atomic E-state index is 3.74. The zero-order valence-corrected chi connectivity index (χ0v) is 23.1. The van der Waals surface area contributed by atoms with E-state index in [1.54, 1.807) is 0 Å². The molecule has 0 atom stereocenters. The highest BCUT2D eigenvalue weighted by Gasteiger charge is 2.37. The van der Waals surface area contributed by atoms with E-state index in [0.717, 1.165) is 11.0 Å². The molecule has 2 heteroatoms. The van der Waals surface area contributed by atoms with Gasteiger partial charge >= 0.3 is 0 Å². The minimum absolute atomic E-state index is 0.0648. The quantitative estimate of drug-likeness (QED) is 0.232. The van der Waals surface area contributed by atoms with Gasteiger partial charge in [-0.15, -0.1) is 0 Å². The summed E-state index contributed by atoms with van der Waals surface area (Å²) in [6, 6.07) is 46.7. The van der Waals surface area contributed by atoms with Crippen LogP contribution >= 0.6 is 0 Å². The lowest BCUT2D eigenvalue weighted by Gasteiger charge is -2.24. The summed E-state index contributed by atoms with van der Waals surface area (Å²) in [7, 11) is 0. The van der Waals surface area contributed by atoms with Crippen LogP contribution in [0.1, 0.15) is 25.0 Å². The van der Waals surface area contributed by atoms with Crippen LogP contribution in [0.15, 0.2) is 127 Å². The van der Waals surface area contributed by atoms with Crippen molar-refractivity contribution in [2.75, 3.05) is 0 Å². The lowest BCUT2D eigenvalue weighted by atomic mass is 9.79. The first kappa shape index (κ1) is 22.7. The fraction of sp³-hybridized carbons (Fsp3) is 0.0769. The molecule has 0 saturated heterocycles. The summed E-state index contributed by atoms with van der Waals surface area (Å²) in [6.45, 7) is 4.74. The molecule has 2 aromatic heterocycles. The van der Waals surface area contributed by atoms with E-state index in [9.17, 15) is 0 Å². The van der Waals surface area contributed by atoms with Gasteiger partial charge in [-0.2, -0.15) is 0 Å². The predicted molar refractivity (Wildman–Crippen MR) is 173 cm³/mol. The van der Waals surface area contributed by atoms with Crippen molar-refractivity contribution in [2.24, 2.45) is 0 Å². The van der Waals surface area contributed by atoms with Gasteiger partial charge in [-0.25, -0.2) is 0 Å². The predicted octanol–water partition coefficient (Wildman–Crippen LogP) is 10.4. The van der Waals surface area contributed by atoms with Gasteiger partial charge in [0.1, 0.15) is 0 Å². The highest BCUT2D eigenvalue weighted by Crippen LogP contribution is 2.52. The zero-order chi connectivity index (χ0) is 27.3. The zero-order valence-electron chi connectivity index (χ0n) is 23.1. The van der Waals surface area contributed by atoms with E-state index in [1.807, 2.05) is 0 Å². The number of aromatic amines is 1. The van der Waals surface area contributed by atoms with Crippen LogP contribution in [0.5, 0.6) is 0 Å². The van der Waals surface area contributed by atoms with Crippen molar-refractivity contribution < 1.29 is 0 Å². The van der Waals surface area contributed by atoms with Gasteiger partial charge in [0.2, 0.25) is 0 Å². The summed E-state index contributed by atoms with van der Waals surface area (Å²) in [5.74, 6) is 0. The number of rotatable bonds is 2. The smallest absolute Gasteiger partial charge is 0.0641 e. The second kappa shape index (κ2) is 7.99. The Kier molecular flexibility index (Phi) is 4.42. The lowest BCUT2D eigenvalue weighted by Crippen LogP contribution is -2.16. The molecule has 8 aromatic rings. The summed E-state index contributed by atoms with van der Waals surface area (Å²) in [4.78, 5) is 3.74. The number of aromatic nitrogens is 2. The Labute approximate surface area is 238 Å². The monoisotopic (exact) mass is 524 g/mol. The summed E-state index contributed by atoms with van der Waals surface area (Å²) < 4.78 is 2.44. The maximum atomic E-state index is 3.74. The van der Waals surface area contributed by atoms with Crippen LogP contribution in [-0.4, -0.2) is 9.55 Å². The van der Waals surface area contributed by atoms with E-state index >= 15 is 0 Å². The average Bonchev–Trinajstić information content (AvgIpc) is 3.63. The highest BCUT2D eigenvalue weighted by atomic mass is 15.0. The molecule has 41 heavy (non-hydrogen) atoms. The third kappa shape index (κ3) is 2.97. The van der Waals surface area contributed by atoms with Crippen LogP contribution < -0.4 is 0 Å². The van der Waals surface area contributed by atoms with Crippen LogP contribution in [-0.2, 0) is 5.41 Å². The number of hydrogen-bond donors (Lipinski definition) is 1. The molecule has 0 unspecified atom stereocenters. The standard InChI is InChI=1S/C39H28N2/c1-39(2)32-17-8-6-13-27(32)29-16-10-15-26(37(29)39)24-19-21-33-31(23-24)36-34(40-33)22-20-30-28-14-7-9-18-35(28)41(38(30)36)25-11-4-3-5-12-25/h3-23,40H,1-2H3. The molecule has 2 heterocycles. The molecule has 2 nitrogen and oxygen atoms in total. The van der Waals surface area contributed by atoms with Gasteiger partial charge in [0.25, 0.3) is 0 Å². The molecule has 0 fully saturated rings. The van der Waals surface area contributed by atoms with E-state index in [4.69, 9.17) is 0 Å². The van der Waals surface area contributed by atoms with Crippen LogP contribution in [0.2, 0.25) is 0 Å². The summed E-state index contributed by atoms with van der Waals surface area (Å²) >= 11 is 0. The molecule has 9 rings (SSSR count). The minimum Gasteiger partial charge on any atom is -0.354 e. The first-order valence-electron chi connectivity index (χ1n) is 14.4. The molecule has 194 valence electrons. The van der Waals surface area contributed by atoms with Gasteiger partial charge in [0.15, 0.2) is 0 Å². The van der Waals surface area contributed by atoms with Crippen LogP contribution in [0.25, 0.3) is 71.6 Å². The third-order valence-corrected chi connectivity index (χ3v) is 9.30. The lowest BCUT2D eigenvalue weighted by molar-refractivity contribution is 0.662. The summed E-state index contributed by atoms with van der Waals surface area (Å²) in [5, 5.41) is 5.09. The highest BCUT2D eigenvalue weighted by molar-refractivity contribution is 6.25. The van der Waals surface area contributed by atoms with Crippen molar-refractivity contribution in [3.63, 3.8) is 0 Å². The molecule has 0 spiro atoms. The van der Waals surface area contributed by atoms with Crippen LogP contribution in [0, 0.1) is 0 Å². The molecule has 0 bridgehead atoms. The second-order valence-electron chi connectivity index (χ2n) is 11.9. The largest absolute Gasteiger partial charge is 0.354 e. The summed E-state index contributed by atoms with van der Waals surface area (Å²) in [6.07, 6.45) is 0. The topological polar surface area (TPSA) is 20.7 Å². The minimum atomic E-state index is -0.0648. The molecule has 0 aliphatic heterocycles. The molecule has 0 saturated carbocycles. The van der Waals surface area contributed by atoms with Gasteiger partial charge in [0.05, 0.1) is 11.0 Å². The first-order chi connectivity index (χ1) is 20.1. The number of H-pyrrole nitrogens is 1. The molecular weight excluding hydrogens is 496 g/mol. The van der Waals surface area contributed by atoms with E-state index in [-0.39, 0.29) is 5.41 Å². The van der Waals surface area contributed by atoms with E-state index in [0.29, 0.717) is 0 Å². The van der Waals surface area contributed by atoms with Crippen molar-refractivity contribution >= 4 is 43.6 Å². The van der Waals surface area contributed by atoms with Crippen molar-refractivity contribution in [1.82, 2.24) is 9.55 Å². The number of para-hydroxylation sites is 2. The molecule has 1 N–H and O–H groups in total. The Morgan fingerprint density at radius 1 is 0.561 bits per heavy atom. The van der Waals surface area contributed by atoms with Crippen molar-refractivity contribution in [2.45, 2.75) is 19.3 Å². The number of benzene rings is 6. The molecule has 6 aromatic carbocycles. The average molecular weight is 525 g/mol. The first-order valence-corrected chi connectivity index (χ1v) is 14.4. The van der Waals surface area contributed by atoms with Crippen LogP contribution in [0.4, 0.5) is 0 Å². The van der Waals surface area contributed by atoms with Gasteiger partial charge < -0.3 is 9.55 Å². The molecule has 1 aliphatic rings. The SMILES string of the molecule is CC1(C)c2ccccc2-c2cccc(-c3ccc4[nH]c5ccc6c7ccccc7n(-c7ccccc7)c6c5c4c3)c21. The van der Waals surface area contributed by atoms with E-state index < -0.39 is 0 Å². The molecular formula is C39H28N2. The number of nitrogens with zero attached hydrogens (tertiary/aromatic N) is 1. The summed E-state index contributed by atoms with van der Waals surface area (Å²) in [5.41, 5.74) is 14.0. The van der Waals surface area contributed by atoms with Crippen molar-refractivity contribution in [1.29, 1.82) is 0 Å². The van der Waals surface area contributed by atoms with Crippen LogP contribution in [0.3, 0.4) is 0 Å². The number of nitrogens with one attached hydrogen (secondary N) is 1. The van der Waals surface area contributed by atoms with Gasteiger partial charge in [-0.3, -0.25) is 0 Å². The Morgan fingerprint density at radius 2 is 1.29 bits per heavy atom. The van der Waals surface area contributed by atoms with Gasteiger partial charge in [-0.05, 0) is 69.8 Å².